The standard InChI is InChI=1S/C11H12N2O3S/c1-7-9(10(14)15-2)5-8(16-7)6-13-11-12-3-4-17-11/h3-5H,6H2,1-2H3,(H,12,13). The second-order valence-corrected chi connectivity index (χ2v) is 4.26. The second-order valence-electron chi connectivity index (χ2n) is 3.36. The fraction of sp³-hybridized carbons (Fsp3) is 0.273. The number of carbonyl (C=O) groups excluding carboxylic acids is 1. The van der Waals surface area contributed by atoms with Crippen LogP contribution in [0.15, 0.2) is 22.1 Å². The van der Waals surface area contributed by atoms with Gasteiger partial charge < -0.3 is 14.5 Å². The molecule has 0 atom stereocenters. The molecule has 2 aromatic rings. The van der Waals surface area contributed by atoms with Crippen LogP contribution in [-0.2, 0) is 11.3 Å². The average molecular weight is 252 g/mol. The first kappa shape index (κ1) is 11.7. The molecule has 17 heavy (non-hydrogen) atoms. The van der Waals surface area contributed by atoms with Gasteiger partial charge >= 0.3 is 5.97 Å². The van der Waals surface area contributed by atoms with Crippen molar-refractivity contribution in [3.05, 3.63) is 34.7 Å². The van der Waals surface area contributed by atoms with E-state index in [1.54, 1.807) is 19.2 Å². The average Bonchev–Trinajstić information content (AvgIpc) is 2.94. The van der Waals surface area contributed by atoms with Gasteiger partial charge in [0.25, 0.3) is 0 Å². The number of nitrogens with zero attached hydrogens (tertiary/aromatic N) is 1. The zero-order chi connectivity index (χ0) is 12.3. The molecule has 2 rings (SSSR count). The van der Waals surface area contributed by atoms with Crippen molar-refractivity contribution in [3.8, 4) is 0 Å². The summed E-state index contributed by atoms with van der Waals surface area (Å²) in [5, 5.41) is 5.80. The van der Waals surface area contributed by atoms with Gasteiger partial charge in [0.15, 0.2) is 5.13 Å². The van der Waals surface area contributed by atoms with Crippen molar-refractivity contribution in [2.24, 2.45) is 0 Å². The number of aromatic nitrogens is 1. The van der Waals surface area contributed by atoms with E-state index in [-0.39, 0.29) is 5.97 Å². The molecule has 0 unspecified atom stereocenters. The summed E-state index contributed by atoms with van der Waals surface area (Å²) in [6.07, 6.45) is 1.72. The Balaban J connectivity index is 2.05. The second kappa shape index (κ2) is 5.01. The van der Waals surface area contributed by atoms with Gasteiger partial charge in [-0.2, -0.15) is 0 Å². The molecule has 0 bridgehead atoms. The van der Waals surface area contributed by atoms with Crippen LogP contribution in [0.3, 0.4) is 0 Å². The van der Waals surface area contributed by atoms with Crippen LogP contribution < -0.4 is 5.32 Å². The minimum atomic E-state index is -0.383. The number of hydrogen-bond acceptors (Lipinski definition) is 6. The van der Waals surface area contributed by atoms with Gasteiger partial charge in [0.1, 0.15) is 17.1 Å². The minimum absolute atomic E-state index is 0.383. The fourth-order valence-corrected chi connectivity index (χ4v) is 1.94. The van der Waals surface area contributed by atoms with Crippen LogP contribution in [0.5, 0.6) is 0 Å². The molecular weight excluding hydrogens is 240 g/mol. The van der Waals surface area contributed by atoms with E-state index in [1.807, 2.05) is 5.38 Å². The molecule has 5 nitrogen and oxygen atoms in total. The van der Waals surface area contributed by atoms with Gasteiger partial charge in [-0.15, -0.1) is 11.3 Å². The Morgan fingerprint density at radius 1 is 1.65 bits per heavy atom. The summed E-state index contributed by atoms with van der Waals surface area (Å²) in [7, 11) is 1.35. The molecule has 0 aromatic carbocycles. The van der Waals surface area contributed by atoms with Crippen LogP contribution in [0.1, 0.15) is 21.9 Å². The van der Waals surface area contributed by atoms with Gasteiger partial charge in [-0.1, -0.05) is 0 Å². The van der Waals surface area contributed by atoms with E-state index < -0.39 is 0 Å². The molecule has 2 heterocycles. The topological polar surface area (TPSA) is 64.4 Å². The van der Waals surface area contributed by atoms with Crippen LogP contribution in [0.25, 0.3) is 0 Å². The van der Waals surface area contributed by atoms with Gasteiger partial charge in [0.2, 0.25) is 0 Å². The van der Waals surface area contributed by atoms with E-state index in [9.17, 15) is 4.79 Å². The molecule has 0 radical (unpaired) electrons. The number of anilines is 1. The Kier molecular flexibility index (Phi) is 3.43. The smallest absolute Gasteiger partial charge is 0.341 e. The third kappa shape index (κ3) is 2.65. The van der Waals surface area contributed by atoms with E-state index in [1.165, 1.54) is 18.4 Å². The van der Waals surface area contributed by atoms with E-state index >= 15 is 0 Å². The van der Waals surface area contributed by atoms with Gasteiger partial charge in [-0.25, -0.2) is 9.78 Å². The summed E-state index contributed by atoms with van der Waals surface area (Å²) in [5.74, 6) is 0.859. The van der Waals surface area contributed by atoms with E-state index in [0.717, 1.165) is 5.13 Å². The van der Waals surface area contributed by atoms with E-state index in [0.29, 0.717) is 23.6 Å². The Morgan fingerprint density at radius 3 is 3.12 bits per heavy atom. The highest BCUT2D eigenvalue weighted by Gasteiger charge is 2.15. The molecule has 90 valence electrons. The van der Waals surface area contributed by atoms with Crippen molar-refractivity contribution >= 4 is 22.4 Å². The highest BCUT2D eigenvalue weighted by Crippen LogP contribution is 2.18. The summed E-state index contributed by atoms with van der Waals surface area (Å²) < 4.78 is 10.1. The maximum Gasteiger partial charge on any atom is 0.341 e. The lowest BCUT2D eigenvalue weighted by atomic mass is 10.2. The van der Waals surface area contributed by atoms with E-state index in [4.69, 9.17) is 4.42 Å². The number of ether oxygens (including phenoxy) is 1. The van der Waals surface area contributed by atoms with Gasteiger partial charge in [-0.3, -0.25) is 0 Å². The zero-order valence-corrected chi connectivity index (χ0v) is 10.3. The van der Waals surface area contributed by atoms with E-state index in [2.05, 4.69) is 15.0 Å². The molecule has 0 amide bonds. The van der Waals surface area contributed by atoms with Gasteiger partial charge in [-0.05, 0) is 13.0 Å². The Hall–Kier alpha value is -1.82. The highest BCUT2D eigenvalue weighted by molar-refractivity contribution is 7.13. The number of furan rings is 1. The third-order valence-corrected chi connectivity index (χ3v) is 2.95. The van der Waals surface area contributed by atoms with Crippen molar-refractivity contribution in [1.82, 2.24) is 4.98 Å². The normalized spacial score (nSPS) is 10.2. The number of hydrogen-bond donors (Lipinski definition) is 1. The van der Waals surface area contributed by atoms with Crippen molar-refractivity contribution in [2.75, 3.05) is 12.4 Å². The molecule has 0 saturated carbocycles. The van der Waals surface area contributed by atoms with Crippen LogP contribution in [0.4, 0.5) is 5.13 Å². The molecule has 0 aliphatic rings. The number of esters is 1. The predicted molar refractivity (Wildman–Crippen MR) is 64.2 cm³/mol. The molecule has 0 saturated heterocycles. The van der Waals surface area contributed by atoms with Crippen LogP contribution in [0, 0.1) is 6.92 Å². The maximum atomic E-state index is 11.4. The number of aryl methyl sites for hydroxylation is 1. The predicted octanol–water partition coefficient (Wildman–Crippen LogP) is 2.44. The summed E-state index contributed by atoms with van der Waals surface area (Å²) in [6.45, 7) is 2.23. The first-order chi connectivity index (χ1) is 8.20. The molecular formula is C11H12N2O3S. The van der Waals surface area contributed by atoms with Crippen LogP contribution in [-0.4, -0.2) is 18.1 Å². The fourth-order valence-electron chi connectivity index (χ4n) is 1.42. The number of methoxy groups -OCH3 is 1. The summed E-state index contributed by atoms with van der Waals surface area (Å²) in [4.78, 5) is 15.5. The Bertz CT molecular complexity index is 505. The zero-order valence-electron chi connectivity index (χ0n) is 9.52. The molecule has 0 aliphatic carbocycles. The lowest BCUT2D eigenvalue weighted by molar-refractivity contribution is 0.0599. The Labute approximate surface area is 102 Å². The minimum Gasteiger partial charge on any atom is -0.465 e. The number of nitrogens with one attached hydrogen (secondary N) is 1. The van der Waals surface area contributed by atoms with Gasteiger partial charge in [0.05, 0.1) is 13.7 Å². The number of carbonyl (C=O) groups is 1. The maximum absolute atomic E-state index is 11.4. The Morgan fingerprint density at radius 2 is 2.47 bits per heavy atom. The monoisotopic (exact) mass is 252 g/mol. The summed E-state index contributed by atoms with van der Waals surface area (Å²) in [5.41, 5.74) is 0.462. The lowest BCUT2D eigenvalue weighted by Crippen LogP contribution is -2.01. The number of rotatable bonds is 4. The van der Waals surface area contributed by atoms with Crippen molar-refractivity contribution in [1.29, 1.82) is 0 Å². The van der Waals surface area contributed by atoms with Crippen molar-refractivity contribution < 1.29 is 13.9 Å². The number of thiazole rings is 1. The van der Waals surface area contributed by atoms with Gasteiger partial charge in [0, 0.05) is 11.6 Å². The molecule has 0 fully saturated rings. The first-order valence-electron chi connectivity index (χ1n) is 5.01. The molecule has 2 aromatic heterocycles. The summed E-state index contributed by atoms with van der Waals surface area (Å²) in [6, 6.07) is 1.68. The first-order valence-corrected chi connectivity index (χ1v) is 5.89. The lowest BCUT2D eigenvalue weighted by Gasteiger charge is -1.97. The van der Waals surface area contributed by atoms with Crippen LogP contribution in [0.2, 0.25) is 0 Å². The largest absolute Gasteiger partial charge is 0.465 e. The molecule has 1 N–H and O–H groups in total. The SMILES string of the molecule is COC(=O)c1cc(CNc2nccs2)oc1C. The van der Waals surface area contributed by atoms with Crippen molar-refractivity contribution in [2.45, 2.75) is 13.5 Å². The summed E-state index contributed by atoms with van der Waals surface area (Å²) >= 11 is 1.51. The highest BCUT2D eigenvalue weighted by atomic mass is 32.1. The van der Waals surface area contributed by atoms with Crippen LogP contribution >= 0.6 is 11.3 Å². The van der Waals surface area contributed by atoms with Crippen molar-refractivity contribution in [3.63, 3.8) is 0 Å². The molecule has 0 aliphatic heterocycles. The third-order valence-electron chi connectivity index (χ3n) is 2.22. The molecule has 0 spiro atoms. The molecule has 6 heteroatoms. The quantitative estimate of drug-likeness (QED) is 0.847.